The molecular weight excluding hydrogens is 310 g/mol. The van der Waals surface area contributed by atoms with Crippen molar-refractivity contribution in [3.05, 3.63) is 29.3 Å². The first kappa shape index (κ1) is 11.7. The Labute approximate surface area is 100 Å². The van der Waals surface area contributed by atoms with Crippen molar-refractivity contribution in [2.45, 2.75) is 11.8 Å². The largest absolute Gasteiger partial charge is 0.398 e. The average Bonchev–Trinajstić information content (AvgIpc) is 2.17. The van der Waals surface area contributed by atoms with Crippen LogP contribution >= 0.6 is 31.9 Å². The average molecular weight is 321 g/mol. The van der Waals surface area contributed by atoms with Gasteiger partial charge in [-0.1, -0.05) is 44.0 Å². The van der Waals surface area contributed by atoms with E-state index >= 15 is 0 Å². The van der Waals surface area contributed by atoms with Gasteiger partial charge < -0.3 is 5.73 Å². The van der Waals surface area contributed by atoms with E-state index in [0.29, 0.717) is 22.8 Å². The molecule has 76 valence electrons. The maximum absolute atomic E-state index is 11.7. The van der Waals surface area contributed by atoms with Crippen LogP contribution in [0.25, 0.3) is 0 Å². The summed E-state index contributed by atoms with van der Waals surface area (Å²) in [7, 11) is 0. The maximum atomic E-state index is 11.7. The zero-order valence-electron chi connectivity index (χ0n) is 7.59. The summed E-state index contributed by atoms with van der Waals surface area (Å²) in [5.41, 5.74) is 8.05. The topological polar surface area (TPSA) is 43.1 Å². The highest BCUT2D eigenvalue weighted by Crippen LogP contribution is 2.21. The van der Waals surface area contributed by atoms with E-state index in [1.165, 1.54) is 0 Å². The van der Waals surface area contributed by atoms with E-state index in [1.807, 2.05) is 18.2 Å². The fourth-order valence-corrected chi connectivity index (χ4v) is 2.22. The van der Waals surface area contributed by atoms with E-state index in [9.17, 15) is 4.79 Å². The number of rotatable bonds is 4. The molecule has 0 saturated carbocycles. The molecule has 1 aromatic rings. The summed E-state index contributed by atoms with van der Waals surface area (Å²) < 4.78 is 0. The van der Waals surface area contributed by atoms with Crippen LogP contribution in [0.4, 0.5) is 5.69 Å². The number of carbonyl (C=O) groups excluding carboxylic acids is 1. The number of ketones is 1. The highest BCUT2D eigenvalue weighted by atomic mass is 79.9. The number of nitrogen functional groups attached to an aromatic ring is 1. The molecule has 0 radical (unpaired) electrons. The lowest BCUT2D eigenvalue weighted by atomic mass is 10.0. The molecule has 1 aromatic carbocycles. The molecule has 0 heterocycles. The van der Waals surface area contributed by atoms with Crippen LogP contribution in [0.3, 0.4) is 0 Å². The Hall–Kier alpha value is -0.350. The quantitative estimate of drug-likeness (QED) is 0.526. The maximum Gasteiger partial charge on any atom is 0.164 e. The number of nitrogens with two attached hydrogens (primary N) is 1. The van der Waals surface area contributed by atoms with Crippen LogP contribution < -0.4 is 5.73 Å². The highest BCUT2D eigenvalue weighted by Gasteiger charge is 2.11. The number of Topliss-reactive ketones (excluding diaryl/α,β-unsaturated/α-hetero) is 1. The number of halogens is 2. The lowest BCUT2D eigenvalue weighted by molar-refractivity contribution is 0.0989. The lowest BCUT2D eigenvalue weighted by Crippen LogP contribution is -2.05. The summed E-state index contributed by atoms with van der Waals surface area (Å²) in [5.74, 6) is 0.128. The van der Waals surface area contributed by atoms with Gasteiger partial charge in [-0.3, -0.25) is 4.79 Å². The van der Waals surface area contributed by atoms with Gasteiger partial charge in [-0.25, -0.2) is 0 Å². The van der Waals surface area contributed by atoms with Crippen LogP contribution in [-0.2, 0) is 5.33 Å². The molecular formula is C10H11Br2NO. The molecule has 0 saturated heterocycles. The molecule has 0 amide bonds. The number of alkyl halides is 2. The second-order valence-electron chi connectivity index (χ2n) is 2.87. The smallest absolute Gasteiger partial charge is 0.164 e. The highest BCUT2D eigenvalue weighted by molar-refractivity contribution is 9.09. The van der Waals surface area contributed by atoms with Gasteiger partial charge in [-0.15, -0.1) is 0 Å². The minimum atomic E-state index is 0.128. The van der Waals surface area contributed by atoms with Gasteiger partial charge in [0.2, 0.25) is 0 Å². The van der Waals surface area contributed by atoms with Gasteiger partial charge in [0, 0.05) is 28.3 Å². The fourth-order valence-electron chi connectivity index (χ4n) is 1.24. The Morgan fingerprint density at radius 3 is 2.64 bits per heavy atom. The molecule has 0 unspecified atom stereocenters. The van der Waals surface area contributed by atoms with Crippen LogP contribution in [-0.4, -0.2) is 11.1 Å². The molecule has 0 aliphatic heterocycles. The third-order valence-corrected chi connectivity index (χ3v) is 2.93. The minimum Gasteiger partial charge on any atom is -0.398 e. The molecule has 0 spiro atoms. The van der Waals surface area contributed by atoms with E-state index in [4.69, 9.17) is 5.73 Å². The van der Waals surface area contributed by atoms with E-state index in [-0.39, 0.29) is 5.78 Å². The Morgan fingerprint density at radius 1 is 1.36 bits per heavy atom. The lowest BCUT2D eigenvalue weighted by Gasteiger charge is -2.07. The van der Waals surface area contributed by atoms with Crippen LogP contribution in [0.15, 0.2) is 18.2 Å². The van der Waals surface area contributed by atoms with E-state index < -0.39 is 0 Å². The Kier molecular flexibility index (Phi) is 4.62. The van der Waals surface area contributed by atoms with Crippen molar-refractivity contribution in [3.63, 3.8) is 0 Å². The zero-order valence-corrected chi connectivity index (χ0v) is 10.8. The zero-order chi connectivity index (χ0) is 10.6. The summed E-state index contributed by atoms with van der Waals surface area (Å²) >= 11 is 6.58. The van der Waals surface area contributed by atoms with Crippen LogP contribution in [0, 0.1) is 0 Å². The number of hydrogen-bond donors (Lipinski definition) is 1. The Morgan fingerprint density at radius 2 is 2.07 bits per heavy atom. The van der Waals surface area contributed by atoms with Gasteiger partial charge in [0.05, 0.1) is 0 Å². The molecule has 0 atom stereocenters. The standard InChI is InChI=1S/C10H11Br2NO/c11-5-4-10(14)7-2-1-3-9(13)8(7)6-12/h1-3H,4-6,13H2. The van der Waals surface area contributed by atoms with Crippen molar-refractivity contribution in [2.75, 3.05) is 11.1 Å². The predicted molar refractivity (Wildman–Crippen MR) is 66.2 cm³/mol. The monoisotopic (exact) mass is 319 g/mol. The predicted octanol–water partition coefficient (Wildman–Crippen LogP) is 3.13. The first-order chi connectivity index (χ1) is 6.70. The van der Waals surface area contributed by atoms with Crippen molar-refractivity contribution < 1.29 is 4.79 Å². The molecule has 14 heavy (non-hydrogen) atoms. The van der Waals surface area contributed by atoms with Gasteiger partial charge >= 0.3 is 0 Å². The van der Waals surface area contributed by atoms with Crippen molar-refractivity contribution in [3.8, 4) is 0 Å². The molecule has 4 heteroatoms. The van der Waals surface area contributed by atoms with E-state index in [1.54, 1.807) is 0 Å². The first-order valence-corrected chi connectivity index (χ1v) is 6.47. The Balaban J connectivity index is 3.07. The second kappa shape index (κ2) is 5.51. The molecule has 0 aliphatic carbocycles. The minimum absolute atomic E-state index is 0.128. The molecule has 2 nitrogen and oxygen atoms in total. The van der Waals surface area contributed by atoms with Crippen LogP contribution in [0.2, 0.25) is 0 Å². The normalized spacial score (nSPS) is 10.1. The molecule has 2 N–H and O–H groups in total. The van der Waals surface area contributed by atoms with Crippen molar-refractivity contribution in [2.24, 2.45) is 0 Å². The second-order valence-corrected chi connectivity index (χ2v) is 4.22. The number of carbonyl (C=O) groups is 1. The molecule has 0 aromatic heterocycles. The summed E-state index contributed by atoms with van der Waals surface area (Å²) in [6, 6.07) is 5.43. The number of anilines is 1. The fraction of sp³-hybridized carbons (Fsp3) is 0.300. The van der Waals surface area contributed by atoms with Crippen LogP contribution in [0.1, 0.15) is 22.3 Å². The van der Waals surface area contributed by atoms with Gasteiger partial charge in [0.1, 0.15) is 0 Å². The van der Waals surface area contributed by atoms with E-state index in [2.05, 4.69) is 31.9 Å². The molecule has 0 aliphatic rings. The van der Waals surface area contributed by atoms with E-state index in [0.717, 1.165) is 11.1 Å². The van der Waals surface area contributed by atoms with Gasteiger partial charge in [-0.2, -0.15) is 0 Å². The van der Waals surface area contributed by atoms with Crippen molar-refractivity contribution >= 4 is 43.3 Å². The number of hydrogen-bond acceptors (Lipinski definition) is 2. The Bertz CT molecular complexity index is 339. The van der Waals surface area contributed by atoms with Gasteiger partial charge in [-0.05, 0) is 11.6 Å². The SMILES string of the molecule is Nc1cccc(C(=O)CCBr)c1CBr. The summed E-state index contributed by atoms with van der Waals surface area (Å²) in [4.78, 5) is 11.7. The summed E-state index contributed by atoms with van der Waals surface area (Å²) in [6.45, 7) is 0. The third-order valence-electron chi connectivity index (χ3n) is 1.97. The first-order valence-electron chi connectivity index (χ1n) is 4.23. The number of benzene rings is 1. The third kappa shape index (κ3) is 2.58. The summed E-state index contributed by atoms with van der Waals surface area (Å²) in [5, 5.41) is 1.30. The molecule has 1 rings (SSSR count). The molecule has 0 fully saturated rings. The van der Waals surface area contributed by atoms with Crippen molar-refractivity contribution in [1.29, 1.82) is 0 Å². The van der Waals surface area contributed by atoms with Gasteiger partial charge in [0.15, 0.2) is 5.78 Å². The van der Waals surface area contributed by atoms with Crippen molar-refractivity contribution in [1.82, 2.24) is 0 Å². The van der Waals surface area contributed by atoms with Crippen LogP contribution in [0.5, 0.6) is 0 Å². The van der Waals surface area contributed by atoms with Gasteiger partial charge in [0.25, 0.3) is 0 Å². The molecule has 0 bridgehead atoms. The summed E-state index contributed by atoms with van der Waals surface area (Å²) in [6.07, 6.45) is 0.503.